The van der Waals surface area contributed by atoms with Crippen LogP contribution in [0.3, 0.4) is 0 Å². The smallest absolute Gasteiger partial charge is 0.226 e. The average molecular weight is 359 g/mol. The van der Waals surface area contributed by atoms with Crippen LogP contribution in [0.1, 0.15) is 36.0 Å². The van der Waals surface area contributed by atoms with Crippen LogP contribution >= 0.6 is 0 Å². The molecule has 6 heteroatoms. The molecule has 0 bridgehead atoms. The molecule has 0 radical (unpaired) electrons. The van der Waals surface area contributed by atoms with Crippen LogP contribution in [0.2, 0.25) is 0 Å². The first kappa shape index (κ1) is 16.2. The van der Waals surface area contributed by atoms with E-state index in [1.807, 2.05) is 36.5 Å². The predicted molar refractivity (Wildman–Crippen MR) is 102 cm³/mol. The number of pyridine rings is 1. The molecule has 5 rings (SSSR count). The van der Waals surface area contributed by atoms with E-state index >= 15 is 0 Å². The molecule has 6 nitrogen and oxygen atoms in total. The Hall–Kier alpha value is -2.99. The molecule has 4 heterocycles. The average Bonchev–Trinajstić information content (AvgIpc) is 3.42. The van der Waals surface area contributed by atoms with Gasteiger partial charge < -0.3 is 4.42 Å². The minimum absolute atomic E-state index is 0.252. The third kappa shape index (κ3) is 3.02. The quantitative estimate of drug-likeness (QED) is 0.551. The zero-order valence-corrected chi connectivity index (χ0v) is 15.2. The van der Waals surface area contributed by atoms with Gasteiger partial charge in [0.15, 0.2) is 11.5 Å². The van der Waals surface area contributed by atoms with Gasteiger partial charge in [-0.05, 0) is 50.6 Å². The van der Waals surface area contributed by atoms with E-state index in [2.05, 4.69) is 38.6 Å². The van der Waals surface area contributed by atoms with Gasteiger partial charge in [-0.15, -0.1) is 10.2 Å². The van der Waals surface area contributed by atoms with Crippen molar-refractivity contribution in [3.63, 3.8) is 0 Å². The summed E-state index contributed by atoms with van der Waals surface area (Å²) in [6.45, 7) is 3.85. The Morgan fingerprint density at radius 1 is 1.11 bits per heavy atom. The molecule has 1 aliphatic heterocycles. The number of fused-ring (bicyclic) bond motifs is 1. The van der Waals surface area contributed by atoms with E-state index in [-0.39, 0.29) is 6.04 Å². The molecular formula is C21H21N5O. The van der Waals surface area contributed by atoms with Gasteiger partial charge in [0.05, 0.1) is 11.7 Å². The highest BCUT2D eigenvalue weighted by atomic mass is 16.3. The van der Waals surface area contributed by atoms with Gasteiger partial charge in [-0.25, -0.2) is 4.98 Å². The summed E-state index contributed by atoms with van der Waals surface area (Å²) in [6.07, 6.45) is 6.03. The molecule has 1 aromatic carbocycles. The molecule has 1 atom stereocenters. The van der Waals surface area contributed by atoms with Crippen molar-refractivity contribution < 1.29 is 4.42 Å². The summed E-state index contributed by atoms with van der Waals surface area (Å²) >= 11 is 0. The maximum Gasteiger partial charge on any atom is 0.226 e. The number of rotatable bonds is 4. The predicted octanol–water partition coefficient (Wildman–Crippen LogP) is 4.03. The number of aryl methyl sites for hydroxylation is 1. The van der Waals surface area contributed by atoms with Crippen LogP contribution in [-0.2, 0) is 6.54 Å². The first-order valence-electron chi connectivity index (χ1n) is 9.33. The van der Waals surface area contributed by atoms with E-state index < -0.39 is 0 Å². The number of oxazole rings is 1. The number of nitrogens with zero attached hydrogens (tertiary/aromatic N) is 5. The number of aromatic nitrogens is 4. The molecule has 1 fully saturated rings. The molecule has 0 amide bonds. The van der Waals surface area contributed by atoms with Crippen molar-refractivity contribution in [1.82, 2.24) is 24.5 Å². The summed E-state index contributed by atoms with van der Waals surface area (Å²) < 4.78 is 7.81. The van der Waals surface area contributed by atoms with Crippen molar-refractivity contribution in [2.75, 3.05) is 6.54 Å². The Morgan fingerprint density at radius 3 is 2.89 bits per heavy atom. The minimum atomic E-state index is 0.252. The SMILES string of the molecule is Cc1ccc(-c2nc(CN3CCC[C@H]3c3nnc4ccccn34)co2)cc1. The molecule has 3 aromatic heterocycles. The lowest BCUT2D eigenvalue weighted by Gasteiger charge is -2.21. The fourth-order valence-electron chi connectivity index (χ4n) is 3.81. The summed E-state index contributed by atoms with van der Waals surface area (Å²) in [5.74, 6) is 1.68. The third-order valence-corrected chi connectivity index (χ3v) is 5.22. The zero-order chi connectivity index (χ0) is 18.2. The topological polar surface area (TPSA) is 59.5 Å². The first-order chi connectivity index (χ1) is 13.3. The Bertz CT molecular complexity index is 1070. The molecule has 0 spiro atoms. The second-order valence-electron chi connectivity index (χ2n) is 7.13. The van der Waals surface area contributed by atoms with Crippen LogP contribution in [0.25, 0.3) is 17.1 Å². The Balaban J connectivity index is 1.38. The summed E-state index contributed by atoms with van der Waals surface area (Å²) in [5.41, 5.74) is 4.08. The van der Waals surface area contributed by atoms with Crippen LogP contribution in [0.4, 0.5) is 0 Å². The van der Waals surface area contributed by atoms with Gasteiger partial charge in [-0.2, -0.15) is 0 Å². The highest BCUT2D eigenvalue weighted by Gasteiger charge is 2.30. The van der Waals surface area contributed by atoms with Crippen molar-refractivity contribution in [1.29, 1.82) is 0 Å². The fourth-order valence-corrected chi connectivity index (χ4v) is 3.81. The van der Waals surface area contributed by atoms with Gasteiger partial charge in [0.25, 0.3) is 0 Å². The number of hydrogen-bond donors (Lipinski definition) is 0. The van der Waals surface area contributed by atoms with Crippen LogP contribution in [0.5, 0.6) is 0 Å². The van der Waals surface area contributed by atoms with Crippen LogP contribution in [-0.4, -0.2) is 31.0 Å². The van der Waals surface area contributed by atoms with Crippen molar-refractivity contribution in [2.45, 2.75) is 32.4 Å². The van der Waals surface area contributed by atoms with E-state index in [4.69, 9.17) is 9.40 Å². The molecule has 27 heavy (non-hydrogen) atoms. The van der Waals surface area contributed by atoms with Crippen molar-refractivity contribution in [3.05, 3.63) is 72.0 Å². The summed E-state index contributed by atoms with van der Waals surface area (Å²) in [4.78, 5) is 7.12. The fraction of sp³-hybridized carbons (Fsp3) is 0.286. The van der Waals surface area contributed by atoms with Crippen molar-refractivity contribution >= 4 is 5.65 Å². The normalized spacial score (nSPS) is 17.7. The van der Waals surface area contributed by atoms with E-state index in [0.29, 0.717) is 5.89 Å². The highest BCUT2D eigenvalue weighted by molar-refractivity contribution is 5.53. The molecular weight excluding hydrogens is 338 g/mol. The van der Waals surface area contributed by atoms with E-state index in [1.54, 1.807) is 6.26 Å². The van der Waals surface area contributed by atoms with E-state index in [1.165, 1.54) is 5.56 Å². The Labute approximate surface area is 157 Å². The van der Waals surface area contributed by atoms with Gasteiger partial charge in [-0.1, -0.05) is 23.8 Å². The molecule has 0 aliphatic carbocycles. The van der Waals surface area contributed by atoms with Gasteiger partial charge in [0.1, 0.15) is 6.26 Å². The molecule has 4 aromatic rings. The summed E-state index contributed by atoms with van der Waals surface area (Å²) in [6, 6.07) is 14.5. The zero-order valence-electron chi connectivity index (χ0n) is 15.2. The van der Waals surface area contributed by atoms with Crippen LogP contribution < -0.4 is 0 Å². The molecule has 0 N–H and O–H groups in total. The van der Waals surface area contributed by atoms with E-state index in [0.717, 1.165) is 48.7 Å². The molecule has 1 aliphatic rings. The monoisotopic (exact) mass is 359 g/mol. The summed E-state index contributed by atoms with van der Waals surface area (Å²) in [7, 11) is 0. The van der Waals surface area contributed by atoms with E-state index in [9.17, 15) is 0 Å². The lowest BCUT2D eigenvalue weighted by molar-refractivity contribution is 0.236. The number of benzene rings is 1. The second-order valence-corrected chi connectivity index (χ2v) is 7.13. The Kier molecular flexibility index (Phi) is 3.98. The molecule has 0 unspecified atom stereocenters. The third-order valence-electron chi connectivity index (χ3n) is 5.22. The van der Waals surface area contributed by atoms with Crippen molar-refractivity contribution in [2.24, 2.45) is 0 Å². The minimum Gasteiger partial charge on any atom is -0.444 e. The van der Waals surface area contributed by atoms with Crippen LogP contribution in [0.15, 0.2) is 59.3 Å². The maximum absolute atomic E-state index is 5.73. The van der Waals surface area contributed by atoms with Gasteiger partial charge in [0, 0.05) is 18.3 Å². The van der Waals surface area contributed by atoms with Gasteiger partial charge in [-0.3, -0.25) is 9.30 Å². The van der Waals surface area contributed by atoms with Crippen molar-refractivity contribution in [3.8, 4) is 11.5 Å². The van der Waals surface area contributed by atoms with Gasteiger partial charge in [0.2, 0.25) is 5.89 Å². The molecule has 136 valence electrons. The second kappa shape index (κ2) is 6.63. The largest absolute Gasteiger partial charge is 0.444 e. The summed E-state index contributed by atoms with van der Waals surface area (Å²) in [5, 5.41) is 8.77. The standard InChI is InChI=1S/C21H21N5O/c1-15-7-9-16(10-8-15)21-22-17(14-27-21)13-25-11-4-5-18(25)20-24-23-19-6-2-3-12-26(19)20/h2-3,6-10,12,14,18H,4-5,11,13H2,1H3/t18-/m0/s1. The Morgan fingerprint density at radius 2 is 2.00 bits per heavy atom. The maximum atomic E-state index is 5.73. The molecule has 1 saturated heterocycles. The number of likely N-dealkylation sites (tertiary alicyclic amines) is 1. The first-order valence-corrected chi connectivity index (χ1v) is 9.33. The molecule has 0 saturated carbocycles. The highest BCUT2D eigenvalue weighted by Crippen LogP contribution is 2.32. The van der Waals surface area contributed by atoms with Crippen LogP contribution in [0, 0.1) is 6.92 Å². The van der Waals surface area contributed by atoms with Gasteiger partial charge >= 0.3 is 0 Å². The number of hydrogen-bond acceptors (Lipinski definition) is 5. The lowest BCUT2D eigenvalue weighted by atomic mass is 10.1. The lowest BCUT2D eigenvalue weighted by Crippen LogP contribution is -2.24.